The van der Waals surface area contributed by atoms with Crippen molar-refractivity contribution in [3.8, 4) is 0 Å². The van der Waals surface area contributed by atoms with Crippen LogP contribution < -0.4 is 0 Å². The van der Waals surface area contributed by atoms with Gasteiger partial charge in [0.05, 0.1) is 10.5 Å². The van der Waals surface area contributed by atoms with Gasteiger partial charge in [0.15, 0.2) is 9.84 Å². The van der Waals surface area contributed by atoms with Crippen LogP contribution in [-0.4, -0.2) is 38.6 Å². The number of carbonyl (C=O) groups excluding carboxylic acids is 1. The Morgan fingerprint density at radius 3 is 2.30 bits per heavy atom. The fourth-order valence-corrected chi connectivity index (χ4v) is 4.46. The molecule has 0 N–H and O–H groups in total. The Morgan fingerprint density at radius 1 is 1.22 bits per heavy atom. The highest BCUT2D eigenvalue weighted by Gasteiger charge is 2.33. The first kappa shape index (κ1) is 18.0. The van der Waals surface area contributed by atoms with Crippen molar-refractivity contribution in [1.82, 2.24) is 4.90 Å². The summed E-state index contributed by atoms with van der Waals surface area (Å²) in [4.78, 5) is 14.7. The van der Waals surface area contributed by atoms with E-state index in [1.54, 1.807) is 23.1 Å². The van der Waals surface area contributed by atoms with E-state index in [0.29, 0.717) is 24.6 Å². The van der Waals surface area contributed by atoms with Gasteiger partial charge in [0.2, 0.25) is 0 Å². The highest BCUT2D eigenvalue weighted by Crippen LogP contribution is 2.37. The van der Waals surface area contributed by atoms with Crippen LogP contribution in [0.5, 0.6) is 0 Å². The molecule has 0 radical (unpaired) electrons. The van der Waals surface area contributed by atoms with Crippen molar-refractivity contribution in [2.24, 2.45) is 11.3 Å². The van der Waals surface area contributed by atoms with E-state index >= 15 is 0 Å². The maximum atomic E-state index is 12.8. The molecule has 0 unspecified atom stereocenters. The van der Waals surface area contributed by atoms with Crippen LogP contribution in [-0.2, 0) is 9.84 Å². The lowest BCUT2D eigenvalue weighted by atomic mass is 9.74. The first-order valence-corrected chi connectivity index (χ1v) is 10.1. The van der Waals surface area contributed by atoms with Gasteiger partial charge in [-0.3, -0.25) is 4.79 Å². The van der Waals surface area contributed by atoms with E-state index in [-0.39, 0.29) is 16.2 Å². The van der Waals surface area contributed by atoms with Crippen molar-refractivity contribution in [2.45, 2.75) is 44.9 Å². The predicted molar refractivity (Wildman–Crippen MR) is 92.3 cm³/mol. The molecular weight excluding hydrogens is 310 g/mol. The molecule has 5 heteroatoms. The molecule has 128 valence electrons. The summed E-state index contributed by atoms with van der Waals surface area (Å²) in [5, 5.41) is 0. The number of hydrogen-bond acceptors (Lipinski definition) is 3. The average Bonchev–Trinajstić information content (AvgIpc) is 2.45. The maximum absolute atomic E-state index is 12.8. The Kier molecular flexibility index (Phi) is 5.19. The molecule has 1 heterocycles. The van der Waals surface area contributed by atoms with Crippen LogP contribution in [0.15, 0.2) is 29.2 Å². The summed E-state index contributed by atoms with van der Waals surface area (Å²) < 4.78 is 23.8. The molecule has 0 spiro atoms. The normalized spacial score (nSPS) is 18.2. The van der Waals surface area contributed by atoms with Crippen molar-refractivity contribution >= 4 is 15.7 Å². The lowest BCUT2D eigenvalue weighted by Gasteiger charge is -2.40. The number of amides is 1. The molecule has 1 aliphatic rings. The van der Waals surface area contributed by atoms with E-state index in [2.05, 4.69) is 20.8 Å². The largest absolute Gasteiger partial charge is 0.339 e. The van der Waals surface area contributed by atoms with Gasteiger partial charge >= 0.3 is 0 Å². The van der Waals surface area contributed by atoms with Gasteiger partial charge in [0, 0.05) is 19.3 Å². The molecule has 1 aliphatic heterocycles. The van der Waals surface area contributed by atoms with Gasteiger partial charge in [-0.1, -0.05) is 32.9 Å². The summed E-state index contributed by atoms with van der Waals surface area (Å²) in [6.07, 6.45) is 4.25. The van der Waals surface area contributed by atoms with Gasteiger partial charge in [-0.25, -0.2) is 8.42 Å². The van der Waals surface area contributed by atoms with E-state index in [1.165, 1.54) is 6.07 Å². The van der Waals surface area contributed by atoms with Crippen LogP contribution in [0.3, 0.4) is 0 Å². The molecule has 2 rings (SSSR count). The van der Waals surface area contributed by atoms with Crippen LogP contribution in [0.2, 0.25) is 0 Å². The van der Waals surface area contributed by atoms with Gasteiger partial charge < -0.3 is 4.90 Å². The summed E-state index contributed by atoms with van der Waals surface area (Å²) in [7, 11) is -3.40. The van der Waals surface area contributed by atoms with Crippen molar-refractivity contribution in [3.05, 3.63) is 29.8 Å². The molecule has 1 aromatic carbocycles. The van der Waals surface area contributed by atoms with Crippen LogP contribution in [0, 0.1) is 11.3 Å². The second-order valence-electron chi connectivity index (χ2n) is 7.47. The summed E-state index contributed by atoms with van der Waals surface area (Å²) in [6, 6.07) is 6.49. The van der Waals surface area contributed by atoms with Gasteiger partial charge in [-0.15, -0.1) is 0 Å². The maximum Gasteiger partial charge on any atom is 0.255 e. The Bertz CT molecular complexity index is 671. The molecule has 1 fully saturated rings. The molecule has 0 atom stereocenters. The number of nitrogens with zero attached hydrogens (tertiary/aromatic N) is 1. The van der Waals surface area contributed by atoms with Crippen LogP contribution in [0.4, 0.5) is 0 Å². The third-order valence-corrected chi connectivity index (χ3v) is 5.83. The number of hydrogen-bond donors (Lipinski definition) is 0. The lowest BCUT2D eigenvalue weighted by molar-refractivity contribution is 0.0566. The van der Waals surface area contributed by atoms with Crippen LogP contribution >= 0.6 is 0 Å². The Labute approximate surface area is 139 Å². The second-order valence-corrected chi connectivity index (χ2v) is 9.45. The molecule has 1 aromatic rings. The van der Waals surface area contributed by atoms with Crippen molar-refractivity contribution in [2.75, 3.05) is 19.3 Å². The third-order valence-electron chi connectivity index (χ3n) is 4.68. The van der Waals surface area contributed by atoms with Crippen molar-refractivity contribution in [3.63, 3.8) is 0 Å². The quantitative estimate of drug-likeness (QED) is 0.846. The zero-order valence-corrected chi connectivity index (χ0v) is 15.3. The Hall–Kier alpha value is -1.36. The highest BCUT2D eigenvalue weighted by molar-refractivity contribution is 7.90. The first-order chi connectivity index (χ1) is 10.6. The highest BCUT2D eigenvalue weighted by atomic mass is 32.2. The molecule has 1 amide bonds. The number of benzene rings is 1. The molecule has 0 aliphatic carbocycles. The summed E-state index contributed by atoms with van der Waals surface area (Å²) in [6.45, 7) is 8.13. The molecular formula is C18H27NO3S. The minimum atomic E-state index is -3.40. The summed E-state index contributed by atoms with van der Waals surface area (Å²) >= 11 is 0. The molecule has 0 bridgehead atoms. The minimum Gasteiger partial charge on any atom is -0.339 e. The number of carbonyl (C=O) groups is 1. The molecule has 23 heavy (non-hydrogen) atoms. The predicted octanol–water partition coefficient (Wildman–Crippen LogP) is 3.38. The minimum absolute atomic E-state index is 0.125. The molecule has 0 saturated carbocycles. The fraction of sp³-hybridized carbons (Fsp3) is 0.611. The van der Waals surface area contributed by atoms with Gasteiger partial charge in [-0.05, 0) is 42.7 Å². The first-order valence-electron chi connectivity index (χ1n) is 8.21. The average molecular weight is 337 g/mol. The Morgan fingerprint density at radius 2 is 1.78 bits per heavy atom. The van der Waals surface area contributed by atoms with E-state index in [1.807, 2.05) is 0 Å². The van der Waals surface area contributed by atoms with E-state index in [4.69, 9.17) is 0 Å². The smallest absolute Gasteiger partial charge is 0.255 e. The van der Waals surface area contributed by atoms with Crippen LogP contribution in [0.25, 0.3) is 0 Å². The summed E-state index contributed by atoms with van der Waals surface area (Å²) in [5.41, 5.74) is 0.573. The monoisotopic (exact) mass is 337 g/mol. The van der Waals surface area contributed by atoms with Crippen molar-refractivity contribution < 1.29 is 13.2 Å². The van der Waals surface area contributed by atoms with Gasteiger partial charge in [0.1, 0.15) is 0 Å². The van der Waals surface area contributed by atoms with E-state index < -0.39 is 9.84 Å². The molecule has 1 saturated heterocycles. The number of sulfone groups is 1. The number of piperidine rings is 1. The second kappa shape index (κ2) is 6.63. The number of likely N-dealkylation sites (tertiary alicyclic amines) is 1. The summed E-state index contributed by atoms with van der Waals surface area (Å²) in [5.74, 6) is 0.478. The number of rotatable bonds is 4. The molecule has 0 aromatic heterocycles. The zero-order valence-electron chi connectivity index (χ0n) is 14.5. The zero-order chi connectivity index (χ0) is 17.3. The third kappa shape index (κ3) is 4.34. The van der Waals surface area contributed by atoms with Crippen molar-refractivity contribution in [1.29, 1.82) is 0 Å². The van der Waals surface area contributed by atoms with E-state index in [9.17, 15) is 13.2 Å². The topological polar surface area (TPSA) is 54.5 Å². The fourth-order valence-electron chi connectivity index (χ4n) is 3.58. The van der Waals surface area contributed by atoms with E-state index in [0.717, 1.165) is 25.5 Å². The lowest BCUT2D eigenvalue weighted by Crippen LogP contribution is -2.42. The van der Waals surface area contributed by atoms with Crippen LogP contribution in [0.1, 0.15) is 50.4 Å². The standard InChI is InChI=1S/C18H27NO3S/c1-14(2)13-18(3)9-11-19(12-10-18)17(20)15-7-5-6-8-16(15)23(4,21)22/h5-8,14H,9-13H2,1-4H3. The Balaban J connectivity index is 2.15. The SMILES string of the molecule is CC(C)CC1(C)CCN(C(=O)c2ccccc2S(C)(=O)=O)CC1. The van der Waals surface area contributed by atoms with Gasteiger partial charge in [-0.2, -0.15) is 0 Å². The van der Waals surface area contributed by atoms with Gasteiger partial charge in [0.25, 0.3) is 5.91 Å². The molecule has 4 nitrogen and oxygen atoms in total.